The molecule has 92 valence electrons. The molecular weight excluding hydrogens is 224 g/mol. The number of nitrogens with one attached hydrogen (secondary N) is 1. The van der Waals surface area contributed by atoms with E-state index >= 15 is 0 Å². The van der Waals surface area contributed by atoms with Crippen LogP contribution in [-0.4, -0.2) is 31.0 Å². The van der Waals surface area contributed by atoms with E-state index in [4.69, 9.17) is 0 Å². The molecule has 0 amide bonds. The lowest BCUT2D eigenvalue weighted by molar-refractivity contribution is 0.585. The van der Waals surface area contributed by atoms with Crippen molar-refractivity contribution in [1.29, 1.82) is 0 Å². The maximum Gasteiger partial charge on any atom is 0.151 e. The molecule has 0 radical (unpaired) electrons. The molecule has 4 nitrogen and oxygen atoms in total. The third-order valence-electron chi connectivity index (χ3n) is 2.56. The fourth-order valence-corrected chi connectivity index (χ4v) is 2.23. The van der Waals surface area contributed by atoms with Gasteiger partial charge in [-0.15, -0.1) is 0 Å². The predicted octanol–water partition coefficient (Wildman–Crippen LogP) is 1.03. The van der Waals surface area contributed by atoms with E-state index in [9.17, 15) is 8.42 Å². The Labute approximate surface area is 97.6 Å². The van der Waals surface area contributed by atoms with Crippen LogP contribution in [0.15, 0.2) is 18.3 Å². The summed E-state index contributed by atoms with van der Waals surface area (Å²) < 4.78 is 24.8. The molecule has 0 aliphatic heterocycles. The van der Waals surface area contributed by atoms with Gasteiger partial charge < -0.3 is 9.88 Å². The van der Waals surface area contributed by atoms with Gasteiger partial charge in [0, 0.05) is 30.7 Å². The van der Waals surface area contributed by atoms with E-state index in [-0.39, 0.29) is 11.5 Å². The molecule has 0 fully saturated rings. The van der Waals surface area contributed by atoms with E-state index in [1.54, 1.807) is 6.92 Å². The average molecular weight is 244 g/mol. The van der Waals surface area contributed by atoms with Crippen molar-refractivity contribution in [3.05, 3.63) is 24.0 Å². The van der Waals surface area contributed by atoms with Crippen molar-refractivity contribution in [2.75, 3.05) is 18.1 Å². The number of sulfone groups is 1. The smallest absolute Gasteiger partial charge is 0.151 e. The van der Waals surface area contributed by atoms with Crippen molar-refractivity contribution < 1.29 is 8.42 Å². The zero-order chi connectivity index (χ0) is 12.0. The molecule has 1 aromatic heterocycles. The molecule has 0 spiro atoms. The van der Waals surface area contributed by atoms with Gasteiger partial charge in [0.05, 0.1) is 5.75 Å². The molecule has 0 bridgehead atoms. The van der Waals surface area contributed by atoms with Crippen molar-refractivity contribution in [1.82, 2.24) is 9.88 Å². The van der Waals surface area contributed by atoms with Gasteiger partial charge in [-0.1, -0.05) is 13.8 Å². The molecule has 0 saturated heterocycles. The molecule has 0 aliphatic rings. The van der Waals surface area contributed by atoms with Gasteiger partial charge in [0.25, 0.3) is 0 Å². The summed E-state index contributed by atoms with van der Waals surface area (Å²) in [6.07, 6.45) is 1.93. The first kappa shape index (κ1) is 13.3. The molecule has 5 heteroatoms. The quantitative estimate of drug-likeness (QED) is 0.779. The van der Waals surface area contributed by atoms with Crippen LogP contribution in [0.5, 0.6) is 0 Å². The second-order valence-electron chi connectivity index (χ2n) is 3.71. The summed E-state index contributed by atoms with van der Waals surface area (Å²) in [6, 6.07) is 3.96. The van der Waals surface area contributed by atoms with Gasteiger partial charge in [0.1, 0.15) is 0 Å². The van der Waals surface area contributed by atoms with Crippen molar-refractivity contribution in [2.24, 2.45) is 0 Å². The van der Waals surface area contributed by atoms with Crippen LogP contribution < -0.4 is 5.32 Å². The molecule has 0 aromatic carbocycles. The second-order valence-corrected chi connectivity index (χ2v) is 6.18. The molecular formula is C11H20N2O2S. The topological polar surface area (TPSA) is 51.1 Å². The Balaban J connectivity index is 2.57. The normalized spacial score (nSPS) is 11.9. The van der Waals surface area contributed by atoms with E-state index in [1.165, 1.54) is 0 Å². The maximum absolute atomic E-state index is 11.4. The Kier molecular flexibility index (Phi) is 5.02. The number of hydrogen-bond acceptors (Lipinski definition) is 3. The third-order valence-corrected chi connectivity index (χ3v) is 4.25. The Bertz CT molecular complexity index is 409. The highest BCUT2D eigenvalue weighted by Gasteiger charge is 2.08. The molecule has 0 unspecified atom stereocenters. The number of rotatable bonds is 7. The van der Waals surface area contributed by atoms with Crippen LogP contribution in [0.2, 0.25) is 0 Å². The van der Waals surface area contributed by atoms with Crippen LogP contribution in [0.4, 0.5) is 0 Å². The zero-order valence-corrected chi connectivity index (χ0v) is 10.8. The lowest BCUT2D eigenvalue weighted by Crippen LogP contribution is -2.19. The van der Waals surface area contributed by atoms with E-state index in [0.717, 1.165) is 18.8 Å². The van der Waals surface area contributed by atoms with E-state index in [1.807, 2.05) is 22.9 Å². The lowest BCUT2D eigenvalue weighted by Gasteiger charge is -2.09. The standard InChI is InChI=1S/C11H20N2O2S/c1-3-12-10-11-6-5-7-13(11)8-9-16(14,15)4-2/h5-7,12H,3-4,8-10H2,1-2H3. The van der Waals surface area contributed by atoms with Gasteiger partial charge in [-0.3, -0.25) is 0 Å². The summed E-state index contributed by atoms with van der Waals surface area (Å²) in [5.74, 6) is 0.439. The molecule has 0 saturated carbocycles. The number of aryl methyl sites for hydroxylation is 1. The summed E-state index contributed by atoms with van der Waals surface area (Å²) in [5, 5.41) is 3.23. The molecule has 1 N–H and O–H groups in total. The highest BCUT2D eigenvalue weighted by atomic mass is 32.2. The minimum Gasteiger partial charge on any atom is -0.349 e. The van der Waals surface area contributed by atoms with E-state index < -0.39 is 9.84 Å². The average Bonchev–Trinajstić information content (AvgIpc) is 2.71. The Morgan fingerprint density at radius 1 is 1.38 bits per heavy atom. The minimum atomic E-state index is -2.87. The van der Waals surface area contributed by atoms with Crippen molar-refractivity contribution in [3.8, 4) is 0 Å². The largest absolute Gasteiger partial charge is 0.349 e. The van der Waals surface area contributed by atoms with Crippen LogP contribution in [0.1, 0.15) is 19.5 Å². The zero-order valence-electron chi connectivity index (χ0n) is 9.94. The summed E-state index contributed by atoms with van der Waals surface area (Å²) in [4.78, 5) is 0. The first-order valence-electron chi connectivity index (χ1n) is 5.64. The van der Waals surface area contributed by atoms with Crippen LogP contribution in [0, 0.1) is 0 Å². The van der Waals surface area contributed by atoms with Crippen molar-refractivity contribution >= 4 is 9.84 Å². The number of nitrogens with zero attached hydrogens (tertiary/aromatic N) is 1. The van der Waals surface area contributed by atoms with Gasteiger partial charge in [0.15, 0.2) is 9.84 Å². The predicted molar refractivity (Wildman–Crippen MR) is 66.1 cm³/mol. The lowest BCUT2D eigenvalue weighted by atomic mass is 10.4. The second kappa shape index (κ2) is 6.06. The summed E-state index contributed by atoms with van der Waals surface area (Å²) in [5.41, 5.74) is 1.13. The van der Waals surface area contributed by atoms with Gasteiger partial charge in [0.2, 0.25) is 0 Å². The molecule has 16 heavy (non-hydrogen) atoms. The number of aromatic nitrogens is 1. The minimum absolute atomic E-state index is 0.219. The van der Waals surface area contributed by atoms with Crippen LogP contribution in [-0.2, 0) is 22.9 Å². The van der Waals surface area contributed by atoms with Gasteiger partial charge in [-0.05, 0) is 18.7 Å². The first-order chi connectivity index (χ1) is 7.59. The Morgan fingerprint density at radius 2 is 2.12 bits per heavy atom. The molecule has 1 rings (SSSR count). The SMILES string of the molecule is CCNCc1cccn1CCS(=O)(=O)CC. The van der Waals surface area contributed by atoms with Crippen LogP contribution in [0.25, 0.3) is 0 Å². The van der Waals surface area contributed by atoms with Crippen molar-refractivity contribution in [3.63, 3.8) is 0 Å². The Morgan fingerprint density at radius 3 is 2.75 bits per heavy atom. The van der Waals surface area contributed by atoms with Crippen molar-refractivity contribution in [2.45, 2.75) is 26.9 Å². The van der Waals surface area contributed by atoms with Gasteiger partial charge in [-0.25, -0.2) is 8.42 Å². The van der Waals surface area contributed by atoms with Gasteiger partial charge in [-0.2, -0.15) is 0 Å². The highest BCUT2D eigenvalue weighted by Crippen LogP contribution is 2.03. The molecule has 1 heterocycles. The number of hydrogen-bond donors (Lipinski definition) is 1. The monoisotopic (exact) mass is 244 g/mol. The third kappa shape index (κ3) is 3.98. The maximum atomic E-state index is 11.4. The summed E-state index contributed by atoms with van der Waals surface area (Å²) >= 11 is 0. The molecule has 0 aliphatic carbocycles. The summed E-state index contributed by atoms with van der Waals surface area (Å²) in [6.45, 7) is 5.98. The fraction of sp³-hybridized carbons (Fsp3) is 0.636. The highest BCUT2D eigenvalue weighted by molar-refractivity contribution is 7.91. The first-order valence-corrected chi connectivity index (χ1v) is 7.46. The summed E-state index contributed by atoms with van der Waals surface area (Å²) in [7, 11) is -2.87. The van der Waals surface area contributed by atoms with E-state index in [0.29, 0.717) is 6.54 Å². The van der Waals surface area contributed by atoms with E-state index in [2.05, 4.69) is 12.2 Å². The van der Waals surface area contributed by atoms with Gasteiger partial charge >= 0.3 is 0 Å². The molecule has 0 atom stereocenters. The van der Waals surface area contributed by atoms with Crippen LogP contribution in [0.3, 0.4) is 0 Å². The Hall–Kier alpha value is -0.810. The molecule has 1 aromatic rings. The fourth-order valence-electron chi connectivity index (χ4n) is 1.46. The van der Waals surface area contributed by atoms with Crippen LogP contribution >= 0.6 is 0 Å².